The fraction of sp³-hybridized carbons (Fsp3) is 0.304. The molecule has 2 N–H and O–H groups in total. The second-order valence-electron chi connectivity index (χ2n) is 7.59. The second kappa shape index (κ2) is 9.74. The summed E-state index contributed by atoms with van der Waals surface area (Å²) in [5.41, 5.74) is 1.00. The molecule has 0 saturated carbocycles. The Bertz CT molecular complexity index is 1330. The Morgan fingerprint density at radius 2 is 1.91 bits per heavy atom. The summed E-state index contributed by atoms with van der Waals surface area (Å²) < 4.78 is 38.0. The first-order valence-electron chi connectivity index (χ1n) is 10.6. The van der Waals surface area contributed by atoms with Crippen LogP contribution in [0, 0.1) is 0 Å². The standard InChI is InChI=1S/C23H25N3O6S/c1-31-21-5-3-2-4-16(21)8-9-24-23(28)19-15-22(27)25-20-7-6-17(14-18(19)20)33(29,30)26-10-12-32-13-11-26/h2-7,14-15H,8-13H2,1H3,(H,24,28)(H,25,27). The number of aromatic nitrogens is 1. The van der Waals surface area contributed by atoms with Gasteiger partial charge in [0.05, 0.1) is 30.8 Å². The molecule has 1 amide bonds. The van der Waals surface area contributed by atoms with E-state index < -0.39 is 21.5 Å². The molecule has 1 aromatic heterocycles. The number of amides is 1. The number of hydrogen-bond donors (Lipinski definition) is 2. The zero-order valence-electron chi connectivity index (χ0n) is 18.2. The van der Waals surface area contributed by atoms with Crippen LogP contribution in [0.1, 0.15) is 15.9 Å². The SMILES string of the molecule is COc1ccccc1CCNC(=O)c1cc(=O)[nH]c2ccc(S(=O)(=O)N3CCOCC3)cc12. The van der Waals surface area contributed by atoms with Crippen molar-refractivity contribution in [2.75, 3.05) is 40.0 Å². The van der Waals surface area contributed by atoms with Crippen molar-refractivity contribution >= 4 is 26.8 Å². The maximum atomic E-state index is 13.1. The first-order valence-corrected chi connectivity index (χ1v) is 12.0. The number of rotatable bonds is 7. The number of methoxy groups -OCH3 is 1. The quantitative estimate of drug-likeness (QED) is 0.540. The van der Waals surface area contributed by atoms with Gasteiger partial charge >= 0.3 is 0 Å². The van der Waals surface area contributed by atoms with Gasteiger partial charge in [-0.2, -0.15) is 4.31 Å². The van der Waals surface area contributed by atoms with Crippen LogP contribution in [0.5, 0.6) is 5.75 Å². The lowest BCUT2D eigenvalue weighted by Crippen LogP contribution is -2.40. The highest BCUT2D eigenvalue weighted by atomic mass is 32.2. The van der Waals surface area contributed by atoms with Crippen molar-refractivity contribution in [2.24, 2.45) is 0 Å². The van der Waals surface area contributed by atoms with E-state index in [1.165, 1.54) is 28.6 Å². The second-order valence-corrected chi connectivity index (χ2v) is 9.53. The van der Waals surface area contributed by atoms with E-state index in [0.29, 0.717) is 37.1 Å². The van der Waals surface area contributed by atoms with Gasteiger partial charge in [0.2, 0.25) is 15.6 Å². The zero-order chi connectivity index (χ0) is 23.4. The van der Waals surface area contributed by atoms with E-state index in [1.807, 2.05) is 24.3 Å². The van der Waals surface area contributed by atoms with Gasteiger partial charge in [0, 0.05) is 36.6 Å². The molecule has 33 heavy (non-hydrogen) atoms. The molecule has 1 aliphatic heterocycles. The number of carbonyl (C=O) groups excluding carboxylic acids is 1. The van der Waals surface area contributed by atoms with Crippen molar-refractivity contribution < 1.29 is 22.7 Å². The summed E-state index contributed by atoms with van der Waals surface area (Å²) in [7, 11) is -2.17. The molecule has 2 aromatic carbocycles. The van der Waals surface area contributed by atoms with Crippen LogP contribution in [0.25, 0.3) is 10.9 Å². The fourth-order valence-electron chi connectivity index (χ4n) is 3.83. The molecule has 1 saturated heterocycles. The predicted octanol–water partition coefficient (Wildman–Crippen LogP) is 1.53. The fourth-order valence-corrected chi connectivity index (χ4v) is 5.27. The molecule has 0 atom stereocenters. The Balaban J connectivity index is 1.60. The summed E-state index contributed by atoms with van der Waals surface area (Å²) >= 11 is 0. The van der Waals surface area contributed by atoms with E-state index in [0.717, 1.165) is 11.3 Å². The average molecular weight is 472 g/mol. The third-order valence-corrected chi connectivity index (χ3v) is 7.43. The van der Waals surface area contributed by atoms with Gasteiger partial charge in [-0.1, -0.05) is 18.2 Å². The number of sulfonamides is 1. The Kier molecular flexibility index (Phi) is 6.77. The van der Waals surface area contributed by atoms with Crippen LogP contribution >= 0.6 is 0 Å². The Hall–Kier alpha value is -3.21. The highest BCUT2D eigenvalue weighted by molar-refractivity contribution is 7.89. The lowest BCUT2D eigenvalue weighted by molar-refractivity contribution is 0.0730. The molecular formula is C23H25N3O6S. The number of para-hydroxylation sites is 1. The Morgan fingerprint density at radius 3 is 2.67 bits per heavy atom. The van der Waals surface area contributed by atoms with E-state index in [9.17, 15) is 18.0 Å². The largest absolute Gasteiger partial charge is 0.496 e. The van der Waals surface area contributed by atoms with Crippen molar-refractivity contribution in [1.29, 1.82) is 0 Å². The summed E-state index contributed by atoms with van der Waals surface area (Å²) in [5.74, 6) is 0.272. The van der Waals surface area contributed by atoms with Crippen LogP contribution in [0.4, 0.5) is 0 Å². The van der Waals surface area contributed by atoms with Gasteiger partial charge in [0.25, 0.3) is 5.91 Å². The number of fused-ring (bicyclic) bond motifs is 1. The van der Waals surface area contributed by atoms with Crippen molar-refractivity contribution in [3.8, 4) is 5.75 Å². The lowest BCUT2D eigenvalue weighted by Gasteiger charge is -2.26. The number of morpholine rings is 1. The maximum absolute atomic E-state index is 13.1. The van der Waals surface area contributed by atoms with E-state index in [-0.39, 0.29) is 23.5 Å². The molecule has 1 aliphatic rings. The number of nitrogens with one attached hydrogen (secondary N) is 2. The first kappa shape index (κ1) is 23.0. The molecule has 2 heterocycles. The minimum Gasteiger partial charge on any atom is -0.496 e. The molecule has 0 radical (unpaired) electrons. The molecule has 4 rings (SSSR count). The molecule has 10 heteroatoms. The average Bonchev–Trinajstić information content (AvgIpc) is 2.84. The van der Waals surface area contributed by atoms with Gasteiger partial charge in [0.15, 0.2) is 0 Å². The molecule has 0 unspecified atom stereocenters. The lowest BCUT2D eigenvalue weighted by atomic mass is 10.1. The maximum Gasteiger partial charge on any atom is 0.252 e. The Morgan fingerprint density at radius 1 is 1.15 bits per heavy atom. The van der Waals surface area contributed by atoms with Crippen molar-refractivity contribution in [3.63, 3.8) is 0 Å². The van der Waals surface area contributed by atoms with Gasteiger partial charge < -0.3 is 19.8 Å². The number of aromatic amines is 1. The van der Waals surface area contributed by atoms with Gasteiger partial charge in [-0.05, 0) is 36.2 Å². The van der Waals surface area contributed by atoms with Crippen molar-refractivity contribution in [3.05, 3.63) is 70.0 Å². The first-order chi connectivity index (χ1) is 15.9. The van der Waals surface area contributed by atoms with Crippen LogP contribution in [0.15, 0.2) is 58.2 Å². The van der Waals surface area contributed by atoms with Crippen LogP contribution in [-0.2, 0) is 21.2 Å². The number of pyridine rings is 1. The molecule has 1 fully saturated rings. The van der Waals surface area contributed by atoms with Crippen LogP contribution in [0.2, 0.25) is 0 Å². The van der Waals surface area contributed by atoms with Crippen LogP contribution in [-0.4, -0.2) is 63.6 Å². The third kappa shape index (κ3) is 4.92. The summed E-state index contributed by atoms with van der Waals surface area (Å²) in [5, 5.41) is 3.18. The molecule has 3 aromatic rings. The monoisotopic (exact) mass is 471 g/mol. The smallest absolute Gasteiger partial charge is 0.252 e. The molecule has 9 nitrogen and oxygen atoms in total. The summed E-state index contributed by atoms with van der Waals surface area (Å²) in [4.78, 5) is 27.8. The highest BCUT2D eigenvalue weighted by Crippen LogP contribution is 2.23. The normalized spacial score (nSPS) is 14.8. The summed E-state index contributed by atoms with van der Waals surface area (Å²) in [6, 6.07) is 13.1. The van der Waals surface area contributed by atoms with E-state index in [2.05, 4.69) is 10.3 Å². The molecule has 0 aliphatic carbocycles. The van der Waals surface area contributed by atoms with E-state index >= 15 is 0 Å². The topological polar surface area (TPSA) is 118 Å². The number of H-pyrrole nitrogens is 1. The number of benzene rings is 2. The minimum absolute atomic E-state index is 0.0621. The van der Waals surface area contributed by atoms with Crippen molar-refractivity contribution in [1.82, 2.24) is 14.6 Å². The number of hydrogen-bond acceptors (Lipinski definition) is 6. The van der Waals surface area contributed by atoms with E-state index in [1.54, 1.807) is 7.11 Å². The minimum atomic E-state index is -3.75. The number of ether oxygens (including phenoxy) is 2. The molecular weight excluding hydrogens is 446 g/mol. The zero-order valence-corrected chi connectivity index (χ0v) is 19.0. The van der Waals surface area contributed by atoms with Crippen molar-refractivity contribution in [2.45, 2.75) is 11.3 Å². The number of nitrogens with zero attached hydrogens (tertiary/aromatic N) is 1. The van der Waals surface area contributed by atoms with E-state index in [4.69, 9.17) is 9.47 Å². The van der Waals surface area contributed by atoms with Gasteiger partial charge in [-0.15, -0.1) is 0 Å². The van der Waals surface area contributed by atoms with Gasteiger partial charge in [-0.3, -0.25) is 9.59 Å². The predicted molar refractivity (Wildman–Crippen MR) is 123 cm³/mol. The molecule has 174 valence electrons. The third-order valence-electron chi connectivity index (χ3n) is 5.54. The molecule has 0 bridgehead atoms. The molecule has 0 spiro atoms. The van der Waals surface area contributed by atoms with Gasteiger partial charge in [-0.25, -0.2) is 8.42 Å². The van der Waals surface area contributed by atoms with Crippen LogP contribution < -0.4 is 15.6 Å². The van der Waals surface area contributed by atoms with Gasteiger partial charge in [0.1, 0.15) is 5.75 Å². The highest BCUT2D eigenvalue weighted by Gasteiger charge is 2.27. The van der Waals surface area contributed by atoms with Crippen LogP contribution in [0.3, 0.4) is 0 Å². The Labute approximate surface area is 191 Å². The summed E-state index contributed by atoms with van der Waals surface area (Å²) in [6.07, 6.45) is 0.535. The number of carbonyl (C=O) groups is 1. The summed E-state index contributed by atoms with van der Waals surface area (Å²) in [6.45, 7) is 1.52.